The Morgan fingerprint density at radius 3 is 2.76 bits per heavy atom. The largest absolute Gasteiger partial charge is 0.444 e. The molecular formula is C13H23NO3. The zero-order valence-electron chi connectivity index (χ0n) is 11.0. The molecule has 1 saturated carbocycles. The van der Waals surface area contributed by atoms with Crippen LogP contribution in [-0.2, 0) is 9.47 Å². The van der Waals surface area contributed by atoms with Crippen molar-refractivity contribution < 1.29 is 14.3 Å². The number of hydrogen-bond donors (Lipinski definition) is 1. The van der Waals surface area contributed by atoms with Gasteiger partial charge in [0.15, 0.2) is 0 Å². The lowest BCUT2D eigenvalue weighted by molar-refractivity contribution is 0.0326. The first-order valence-corrected chi connectivity index (χ1v) is 6.14. The van der Waals surface area contributed by atoms with Crippen LogP contribution in [0.5, 0.6) is 0 Å². The zero-order chi connectivity index (χ0) is 12.9. The van der Waals surface area contributed by atoms with Gasteiger partial charge in [0.2, 0.25) is 0 Å². The summed E-state index contributed by atoms with van der Waals surface area (Å²) < 4.78 is 10.8. The molecule has 0 aromatic heterocycles. The summed E-state index contributed by atoms with van der Waals surface area (Å²) in [4.78, 5) is 11.6. The molecule has 0 aromatic rings. The lowest BCUT2D eigenvalue weighted by Gasteiger charge is -2.24. The second-order valence-electron chi connectivity index (χ2n) is 5.34. The van der Waals surface area contributed by atoms with E-state index in [1.165, 1.54) is 0 Å². The molecule has 1 amide bonds. The quantitative estimate of drug-likeness (QED) is 0.770. The van der Waals surface area contributed by atoms with Crippen LogP contribution in [0.15, 0.2) is 12.7 Å². The number of nitrogens with one attached hydrogen (secondary N) is 1. The van der Waals surface area contributed by atoms with Crippen LogP contribution in [0.1, 0.15) is 40.0 Å². The summed E-state index contributed by atoms with van der Waals surface area (Å²) >= 11 is 0. The third-order valence-electron chi connectivity index (χ3n) is 2.58. The highest BCUT2D eigenvalue weighted by molar-refractivity contribution is 5.68. The first-order valence-electron chi connectivity index (χ1n) is 6.14. The Balaban J connectivity index is 2.38. The van der Waals surface area contributed by atoms with Gasteiger partial charge in [-0.05, 0) is 40.0 Å². The molecule has 0 unspecified atom stereocenters. The average molecular weight is 241 g/mol. The van der Waals surface area contributed by atoms with E-state index in [-0.39, 0.29) is 18.2 Å². The van der Waals surface area contributed by atoms with Gasteiger partial charge in [-0.2, -0.15) is 0 Å². The highest BCUT2D eigenvalue weighted by atomic mass is 16.6. The van der Waals surface area contributed by atoms with E-state index in [9.17, 15) is 4.79 Å². The van der Waals surface area contributed by atoms with E-state index in [0.717, 1.165) is 19.3 Å². The third kappa shape index (κ3) is 5.22. The van der Waals surface area contributed by atoms with Crippen molar-refractivity contribution in [1.29, 1.82) is 0 Å². The molecule has 0 aliphatic heterocycles. The predicted molar refractivity (Wildman–Crippen MR) is 66.9 cm³/mol. The lowest BCUT2D eigenvalue weighted by Crippen LogP contribution is -2.43. The molecule has 1 fully saturated rings. The zero-order valence-corrected chi connectivity index (χ0v) is 11.0. The predicted octanol–water partition coefficient (Wildman–Crippen LogP) is 2.63. The van der Waals surface area contributed by atoms with Crippen molar-refractivity contribution in [1.82, 2.24) is 5.32 Å². The fourth-order valence-electron chi connectivity index (χ4n) is 1.94. The number of rotatable bonds is 4. The van der Waals surface area contributed by atoms with E-state index in [0.29, 0.717) is 6.61 Å². The summed E-state index contributed by atoms with van der Waals surface area (Å²) in [6.45, 7) is 9.71. The van der Waals surface area contributed by atoms with Crippen LogP contribution in [0.3, 0.4) is 0 Å². The Morgan fingerprint density at radius 2 is 2.18 bits per heavy atom. The molecule has 4 heteroatoms. The monoisotopic (exact) mass is 241 g/mol. The van der Waals surface area contributed by atoms with Crippen molar-refractivity contribution >= 4 is 6.09 Å². The van der Waals surface area contributed by atoms with Gasteiger partial charge in [0.1, 0.15) is 5.60 Å². The summed E-state index contributed by atoms with van der Waals surface area (Å²) in [5, 5.41) is 2.87. The first kappa shape index (κ1) is 14.0. The van der Waals surface area contributed by atoms with Gasteiger partial charge in [0, 0.05) is 0 Å². The highest BCUT2D eigenvalue weighted by Crippen LogP contribution is 2.22. The van der Waals surface area contributed by atoms with Crippen LogP contribution in [0.4, 0.5) is 4.79 Å². The van der Waals surface area contributed by atoms with E-state index >= 15 is 0 Å². The standard InChI is InChI=1S/C13H23NO3/c1-5-9-16-11-8-6-7-10(11)14-12(15)17-13(2,3)4/h5,10-11H,1,6-9H2,2-4H3,(H,14,15)/t10-,11-/m0/s1. The first-order chi connectivity index (χ1) is 7.92. The van der Waals surface area contributed by atoms with Crippen LogP contribution in [-0.4, -0.2) is 30.4 Å². The second-order valence-corrected chi connectivity index (χ2v) is 5.34. The van der Waals surface area contributed by atoms with Crippen LogP contribution in [0.2, 0.25) is 0 Å². The summed E-state index contributed by atoms with van der Waals surface area (Å²) in [5.74, 6) is 0. The van der Waals surface area contributed by atoms with Crippen molar-refractivity contribution in [2.75, 3.05) is 6.61 Å². The molecule has 1 rings (SSSR count). The molecule has 1 aliphatic rings. The van der Waals surface area contributed by atoms with Gasteiger partial charge < -0.3 is 14.8 Å². The minimum atomic E-state index is -0.458. The van der Waals surface area contributed by atoms with E-state index in [2.05, 4.69) is 11.9 Å². The highest BCUT2D eigenvalue weighted by Gasteiger charge is 2.30. The van der Waals surface area contributed by atoms with Gasteiger partial charge in [-0.1, -0.05) is 6.08 Å². The van der Waals surface area contributed by atoms with Crippen LogP contribution in [0.25, 0.3) is 0 Å². The third-order valence-corrected chi connectivity index (χ3v) is 2.58. The molecule has 1 aliphatic carbocycles. The smallest absolute Gasteiger partial charge is 0.407 e. The molecule has 98 valence electrons. The summed E-state index contributed by atoms with van der Waals surface area (Å²) in [7, 11) is 0. The summed E-state index contributed by atoms with van der Waals surface area (Å²) in [6.07, 6.45) is 4.44. The van der Waals surface area contributed by atoms with Crippen LogP contribution >= 0.6 is 0 Å². The van der Waals surface area contributed by atoms with Crippen molar-refractivity contribution in [3.63, 3.8) is 0 Å². The number of alkyl carbamates (subject to hydrolysis) is 1. The Labute approximate surface area is 103 Å². The molecule has 0 spiro atoms. The Morgan fingerprint density at radius 1 is 1.47 bits per heavy atom. The number of ether oxygens (including phenoxy) is 2. The lowest BCUT2D eigenvalue weighted by atomic mass is 10.2. The van der Waals surface area contributed by atoms with Gasteiger partial charge in [-0.25, -0.2) is 4.79 Å². The van der Waals surface area contributed by atoms with E-state index in [1.54, 1.807) is 6.08 Å². The van der Waals surface area contributed by atoms with Crippen molar-refractivity contribution in [2.45, 2.75) is 57.8 Å². The Bertz CT molecular complexity index is 270. The van der Waals surface area contributed by atoms with Gasteiger partial charge in [-0.15, -0.1) is 6.58 Å². The maximum Gasteiger partial charge on any atom is 0.407 e. The Hall–Kier alpha value is -1.03. The number of carbonyl (C=O) groups excluding carboxylic acids is 1. The Kier molecular flexibility index (Phi) is 5.00. The van der Waals surface area contributed by atoms with Gasteiger partial charge >= 0.3 is 6.09 Å². The SMILES string of the molecule is C=CCO[C@H]1CCC[C@@H]1NC(=O)OC(C)(C)C. The maximum absolute atomic E-state index is 11.6. The minimum Gasteiger partial charge on any atom is -0.444 e. The molecule has 0 bridgehead atoms. The van der Waals surface area contributed by atoms with Crippen molar-refractivity contribution in [3.8, 4) is 0 Å². The van der Waals surface area contributed by atoms with Gasteiger partial charge in [0.05, 0.1) is 18.8 Å². The molecule has 0 saturated heterocycles. The number of hydrogen-bond acceptors (Lipinski definition) is 3. The topological polar surface area (TPSA) is 47.6 Å². The molecule has 4 nitrogen and oxygen atoms in total. The number of carbonyl (C=O) groups is 1. The normalized spacial score (nSPS) is 24.4. The molecular weight excluding hydrogens is 218 g/mol. The number of amides is 1. The van der Waals surface area contributed by atoms with E-state index in [4.69, 9.17) is 9.47 Å². The molecule has 2 atom stereocenters. The fraction of sp³-hybridized carbons (Fsp3) is 0.769. The second kappa shape index (κ2) is 6.05. The van der Waals surface area contributed by atoms with Crippen molar-refractivity contribution in [2.24, 2.45) is 0 Å². The molecule has 0 radical (unpaired) electrons. The van der Waals surface area contributed by atoms with Crippen molar-refractivity contribution in [3.05, 3.63) is 12.7 Å². The van der Waals surface area contributed by atoms with Gasteiger partial charge in [0.25, 0.3) is 0 Å². The van der Waals surface area contributed by atoms with Crippen LogP contribution in [0, 0.1) is 0 Å². The summed E-state index contributed by atoms with van der Waals surface area (Å²) in [6, 6.07) is 0.0600. The summed E-state index contributed by atoms with van der Waals surface area (Å²) in [5.41, 5.74) is -0.458. The van der Waals surface area contributed by atoms with Gasteiger partial charge in [-0.3, -0.25) is 0 Å². The molecule has 1 N–H and O–H groups in total. The van der Waals surface area contributed by atoms with E-state index in [1.807, 2.05) is 20.8 Å². The van der Waals surface area contributed by atoms with E-state index < -0.39 is 5.60 Å². The minimum absolute atomic E-state index is 0.0600. The fourth-order valence-corrected chi connectivity index (χ4v) is 1.94. The molecule has 0 heterocycles. The molecule has 0 aromatic carbocycles. The maximum atomic E-state index is 11.6. The molecule has 17 heavy (non-hydrogen) atoms. The average Bonchev–Trinajstić information content (AvgIpc) is 2.59. The van der Waals surface area contributed by atoms with Crippen LogP contribution < -0.4 is 5.32 Å².